The number of nitrogens with zero attached hydrogens (tertiary/aromatic N) is 2. The number of ether oxygens (including phenoxy) is 2. The van der Waals surface area contributed by atoms with E-state index in [2.05, 4.69) is 72.3 Å². The normalized spacial score (nSPS) is 24.5. The van der Waals surface area contributed by atoms with E-state index in [9.17, 15) is 0 Å². The van der Waals surface area contributed by atoms with Gasteiger partial charge >= 0.3 is 0 Å². The van der Waals surface area contributed by atoms with Crippen LogP contribution in [-0.4, -0.2) is 55.7 Å². The fourth-order valence-corrected chi connectivity index (χ4v) is 5.50. The third kappa shape index (κ3) is 5.54. The second-order valence-corrected chi connectivity index (χ2v) is 9.49. The summed E-state index contributed by atoms with van der Waals surface area (Å²) in [5.74, 6) is 0.977. The Hall–Kier alpha value is -1.88. The number of unbranched alkanes of at least 4 members (excludes halogenated alkanes) is 1. The van der Waals surface area contributed by atoms with Gasteiger partial charge in [-0.05, 0) is 69.0 Å². The first-order valence-corrected chi connectivity index (χ1v) is 12.5. The van der Waals surface area contributed by atoms with Crippen LogP contribution in [0.3, 0.4) is 0 Å². The van der Waals surface area contributed by atoms with Crippen LogP contribution < -0.4 is 4.74 Å². The van der Waals surface area contributed by atoms with E-state index in [1.165, 1.54) is 49.7 Å². The summed E-state index contributed by atoms with van der Waals surface area (Å²) >= 11 is 0. The molecule has 0 unspecified atom stereocenters. The second kappa shape index (κ2) is 11.3. The molecule has 4 nitrogen and oxygen atoms in total. The molecule has 0 bridgehead atoms. The Balaban J connectivity index is 1.50. The summed E-state index contributed by atoms with van der Waals surface area (Å²) in [5.41, 5.74) is 2.73. The van der Waals surface area contributed by atoms with Gasteiger partial charge in [0.05, 0.1) is 13.2 Å². The van der Waals surface area contributed by atoms with Crippen LogP contribution in [0.2, 0.25) is 0 Å². The average Bonchev–Trinajstić information content (AvgIpc) is 2.87. The highest BCUT2D eigenvalue weighted by molar-refractivity contribution is 5.34. The lowest BCUT2D eigenvalue weighted by atomic mass is 9.73. The van der Waals surface area contributed by atoms with Crippen LogP contribution in [0.15, 0.2) is 54.6 Å². The van der Waals surface area contributed by atoms with Crippen molar-refractivity contribution in [2.24, 2.45) is 0 Å². The Kier molecular flexibility index (Phi) is 8.23. The minimum absolute atomic E-state index is 0.101. The highest BCUT2D eigenvalue weighted by atomic mass is 16.5. The maximum Gasteiger partial charge on any atom is 0.120 e. The highest BCUT2D eigenvalue weighted by Gasteiger charge is 2.41. The molecule has 0 atom stereocenters. The first-order chi connectivity index (χ1) is 15.7. The summed E-state index contributed by atoms with van der Waals surface area (Å²) in [5, 5.41) is 0. The standard InChI is InChI=1S/C28H40N2O2/c1-3-4-17-29(2)28(15-13-26(14-16-28)30-18-20-31-21-19-30)25-11-8-12-27(22-25)32-23-24-9-6-5-7-10-24/h5-12,22,26H,3-4,13-21,23H2,1-2H3. The maximum absolute atomic E-state index is 6.21. The Morgan fingerprint density at radius 2 is 1.78 bits per heavy atom. The molecule has 1 aliphatic heterocycles. The lowest BCUT2D eigenvalue weighted by Gasteiger charge is -2.49. The summed E-state index contributed by atoms with van der Waals surface area (Å²) in [6.07, 6.45) is 7.40. The zero-order valence-electron chi connectivity index (χ0n) is 20.0. The van der Waals surface area contributed by atoms with Gasteiger partial charge in [0.25, 0.3) is 0 Å². The molecule has 174 valence electrons. The lowest BCUT2D eigenvalue weighted by Crippen LogP contribution is -2.52. The number of hydrogen-bond acceptors (Lipinski definition) is 4. The maximum atomic E-state index is 6.21. The molecule has 2 aliphatic rings. The van der Waals surface area contributed by atoms with Gasteiger partial charge in [-0.25, -0.2) is 0 Å². The number of morpholine rings is 1. The lowest BCUT2D eigenvalue weighted by molar-refractivity contribution is -0.0157. The third-order valence-corrected chi connectivity index (χ3v) is 7.54. The molecule has 1 aliphatic carbocycles. The van der Waals surface area contributed by atoms with Crippen molar-refractivity contribution in [3.63, 3.8) is 0 Å². The predicted molar refractivity (Wildman–Crippen MR) is 131 cm³/mol. The number of rotatable bonds is 9. The van der Waals surface area contributed by atoms with E-state index in [0.717, 1.165) is 38.6 Å². The molecule has 2 aromatic rings. The quantitative estimate of drug-likeness (QED) is 0.521. The van der Waals surface area contributed by atoms with Crippen molar-refractivity contribution in [2.75, 3.05) is 39.9 Å². The van der Waals surface area contributed by atoms with Crippen LogP contribution in [0.25, 0.3) is 0 Å². The van der Waals surface area contributed by atoms with E-state index in [-0.39, 0.29) is 5.54 Å². The Morgan fingerprint density at radius 1 is 1.03 bits per heavy atom. The van der Waals surface area contributed by atoms with Crippen molar-refractivity contribution >= 4 is 0 Å². The summed E-state index contributed by atoms with van der Waals surface area (Å²) in [6.45, 7) is 8.00. The Morgan fingerprint density at radius 3 is 2.50 bits per heavy atom. The summed E-state index contributed by atoms with van der Waals surface area (Å²) < 4.78 is 11.8. The van der Waals surface area contributed by atoms with Crippen molar-refractivity contribution in [3.05, 3.63) is 65.7 Å². The second-order valence-electron chi connectivity index (χ2n) is 9.49. The van der Waals surface area contributed by atoms with E-state index >= 15 is 0 Å². The van der Waals surface area contributed by atoms with Gasteiger partial charge in [-0.1, -0.05) is 55.8 Å². The largest absolute Gasteiger partial charge is 0.489 e. The monoisotopic (exact) mass is 436 g/mol. The summed E-state index contributed by atoms with van der Waals surface area (Å²) in [7, 11) is 2.34. The fourth-order valence-electron chi connectivity index (χ4n) is 5.50. The Labute approximate surface area is 194 Å². The van der Waals surface area contributed by atoms with Gasteiger partial charge in [-0.15, -0.1) is 0 Å². The summed E-state index contributed by atoms with van der Waals surface area (Å²) in [4.78, 5) is 5.31. The fraction of sp³-hybridized carbons (Fsp3) is 0.571. The van der Waals surface area contributed by atoms with Crippen LogP contribution in [0.1, 0.15) is 56.6 Å². The molecule has 1 heterocycles. The summed E-state index contributed by atoms with van der Waals surface area (Å²) in [6, 6.07) is 20.0. The van der Waals surface area contributed by atoms with Crippen LogP contribution >= 0.6 is 0 Å². The highest BCUT2D eigenvalue weighted by Crippen LogP contribution is 2.44. The molecule has 2 aromatic carbocycles. The zero-order chi connectivity index (χ0) is 22.2. The van der Waals surface area contributed by atoms with Gasteiger partial charge in [0.1, 0.15) is 12.4 Å². The van der Waals surface area contributed by atoms with Gasteiger partial charge in [0.2, 0.25) is 0 Å². The van der Waals surface area contributed by atoms with Crippen LogP contribution in [0, 0.1) is 0 Å². The molecule has 0 radical (unpaired) electrons. The molecule has 32 heavy (non-hydrogen) atoms. The smallest absolute Gasteiger partial charge is 0.120 e. The molecule has 4 rings (SSSR count). The van der Waals surface area contributed by atoms with E-state index in [4.69, 9.17) is 9.47 Å². The molecular formula is C28H40N2O2. The molecule has 0 aromatic heterocycles. The van der Waals surface area contributed by atoms with Gasteiger partial charge in [0, 0.05) is 24.7 Å². The number of benzene rings is 2. The first kappa shape index (κ1) is 23.3. The SMILES string of the molecule is CCCCN(C)C1(c2cccc(OCc3ccccc3)c2)CCC(N2CCOCC2)CC1. The minimum atomic E-state index is 0.101. The van der Waals surface area contributed by atoms with Gasteiger partial charge in [0.15, 0.2) is 0 Å². The van der Waals surface area contributed by atoms with Gasteiger partial charge in [-0.3, -0.25) is 9.80 Å². The number of hydrogen-bond donors (Lipinski definition) is 0. The molecule has 4 heteroatoms. The van der Waals surface area contributed by atoms with Gasteiger partial charge < -0.3 is 9.47 Å². The van der Waals surface area contributed by atoms with E-state index < -0.39 is 0 Å². The van der Waals surface area contributed by atoms with E-state index in [1.807, 2.05) is 6.07 Å². The first-order valence-electron chi connectivity index (χ1n) is 12.5. The Bertz CT molecular complexity index is 811. The van der Waals surface area contributed by atoms with Crippen molar-refractivity contribution < 1.29 is 9.47 Å². The van der Waals surface area contributed by atoms with E-state index in [0.29, 0.717) is 12.6 Å². The minimum Gasteiger partial charge on any atom is -0.489 e. The zero-order valence-corrected chi connectivity index (χ0v) is 20.0. The van der Waals surface area contributed by atoms with Gasteiger partial charge in [-0.2, -0.15) is 0 Å². The van der Waals surface area contributed by atoms with Crippen molar-refractivity contribution in [1.82, 2.24) is 9.80 Å². The molecule has 0 amide bonds. The molecule has 0 N–H and O–H groups in total. The van der Waals surface area contributed by atoms with Crippen molar-refractivity contribution in [3.8, 4) is 5.75 Å². The van der Waals surface area contributed by atoms with Crippen molar-refractivity contribution in [1.29, 1.82) is 0 Å². The third-order valence-electron chi connectivity index (χ3n) is 7.54. The van der Waals surface area contributed by atoms with Crippen LogP contribution in [0.4, 0.5) is 0 Å². The topological polar surface area (TPSA) is 24.9 Å². The van der Waals surface area contributed by atoms with Crippen LogP contribution in [0.5, 0.6) is 5.75 Å². The molecule has 1 saturated carbocycles. The molecular weight excluding hydrogens is 396 g/mol. The van der Waals surface area contributed by atoms with E-state index in [1.54, 1.807) is 0 Å². The predicted octanol–water partition coefficient (Wildman–Crippen LogP) is 5.47. The average molecular weight is 437 g/mol. The molecule has 0 spiro atoms. The van der Waals surface area contributed by atoms with Crippen LogP contribution in [-0.2, 0) is 16.9 Å². The molecule has 2 fully saturated rings. The van der Waals surface area contributed by atoms with Crippen molar-refractivity contribution in [2.45, 2.75) is 63.6 Å². The molecule has 1 saturated heterocycles.